The van der Waals surface area contributed by atoms with Gasteiger partial charge in [-0.15, -0.1) is 0 Å². The van der Waals surface area contributed by atoms with E-state index < -0.39 is 0 Å². The molecule has 20 heavy (non-hydrogen) atoms. The Kier molecular flexibility index (Phi) is 5.53. The molecule has 0 amide bonds. The molecule has 0 radical (unpaired) electrons. The third-order valence-electron chi connectivity index (χ3n) is 3.47. The second-order valence-corrected chi connectivity index (χ2v) is 6.25. The van der Waals surface area contributed by atoms with Gasteiger partial charge in [-0.05, 0) is 36.5 Å². The predicted molar refractivity (Wildman–Crippen MR) is 89.3 cm³/mol. The highest BCUT2D eigenvalue weighted by molar-refractivity contribution is 9.09. The predicted octanol–water partition coefficient (Wildman–Crippen LogP) is 5.01. The van der Waals surface area contributed by atoms with Crippen molar-refractivity contribution in [2.75, 3.05) is 5.33 Å². The van der Waals surface area contributed by atoms with Crippen molar-refractivity contribution in [3.8, 4) is 0 Å². The van der Waals surface area contributed by atoms with Crippen LogP contribution in [0.5, 0.6) is 0 Å². The number of halogens is 3. The second-order valence-electron chi connectivity index (χ2n) is 4.79. The number of benzene rings is 1. The Morgan fingerprint density at radius 1 is 1.25 bits per heavy atom. The van der Waals surface area contributed by atoms with Crippen molar-refractivity contribution in [2.45, 2.75) is 25.7 Å². The van der Waals surface area contributed by atoms with Gasteiger partial charge in [-0.25, -0.2) is 0 Å². The van der Waals surface area contributed by atoms with Crippen LogP contribution in [-0.4, -0.2) is 15.1 Å². The number of alkyl halides is 1. The fraction of sp³-hybridized carbons (Fsp3) is 0.400. The van der Waals surface area contributed by atoms with Gasteiger partial charge in [0.15, 0.2) is 0 Å². The molecule has 0 aliphatic heterocycles. The van der Waals surface area contributed by atoms with Gasteiger partial charge >= 0.3 is 0 Å². The zero-order valence-corrected chi connectivity index (χ0v) is 14.6. The Morgan fingerprint density at radius 2 is 1.90 bits per heavy atom. The maximum atomic E-state index is 6.42. The maximum absolute atomic E-state index is 6.42. The highest BCUT2D eigenvalue weighted by Crippen LogP contribution is 2.29. The number of aromatic nitrogens is 2. The fourth-order valence-electron chi connectivity index (χ4n) is 2.27. The first-order valence-electron chi connectivity index (χ1n) is 6.58. The lowest BCUT2D eigenvalue weighted by Crippen LogP contribution is -2.08. The summed E-state index contributed by atoms with van der Waals surface area (Å²) in [6.07, 6.45) is 1.71. The zero-order chi connectivity index (χ0) is 14.7. The first kappa shape index (κ1) is 15.9. The summed E-state index contributed by atoms with van der Waals surface area (Å²) in [5, 5.41) is 6.90. The molecule has 0 saturated heterocycles. The smallest absolute Gasteiger partial charge is 0.0849 e. The molecule has 2 rings (SSSR count). The summed E-state index contributed by atoms with van der Waals surface area (Å²) in [6, 6.07) is 7.99. The summed E-state index contributed by atoms with van der Waals surface area (Å²) in [5.74, 6) is 0.352. The standard InChI is InChI=1S/C15H17BrCl2N2/c1-3-13-15(18)14(20(2)19-13)8-11(9-16)10-4-6-12(17)7-5-10/h4-7,11H,3,8-9H2,1-2H3. The van der Waals surface area contributed by atoms with E-state index in [1.807, 2.05) is 23.9 Å². The molecule has 108 valence electrons. The van der Waals surface area contributed by atoms with Crippen molar-refractivity contribution in [2.24, 2.45) is 7.05 Å². The first-order chi connectivity index (χ1) is 9.56. The average molecular weight is 376 g/mol. The van der Waals surface area contributed by atoms with Crippen molar-refractivity contribution >= 4 is 39.1 Å². The molecule has 1 aromatic carbocycles. The van der Waals surface area contributed by atoms with E-state index in [1.54, 1.807) is 0 Å². The fourth-order valence-corrected chi connectivity index (χ4v) is 3.37. The molecule has 0 N–H and O–H groups in total. The minimum Gasteiger partial charge on any atom is -0.271 e. The lowest BCUT2D eigenvalue weighted by atomic mass is 9.96. The number of hydrogen-bond donors (Lipinski definition) is 0. The molecule has 0 aliphatic carbocycles. The summed E-state index contributed by atoms with van der Waals surface area (Å²) in [6.45, 7) is 2.07. The van der Waals surface area contributed by atoms with Crippen LogP contribution in [-0.2, 0) is 19.9 Å². The van der Waals surface area contributed by atoms with Crippen LogP contribution in [0.15, 0.2) is 24.3 Å². The van der Waals surface area contributed by atoms with E-state index in [0.717, 1.165) is 39.6 Å². The lowest BCUT2D eigenvalue weighted by molar-refractivity contribution is 0.658. The Hall–Kier alpha value is -0.510. The van der Waals surface area contributed by atoms with Gasteiger partial charge in [0, 0.05) is 17.4 Å². The summed E-state index contributed by atoms with van der Waals surface area (Å²) in [4.78, 5) is 0. The Labute approximate surface area is 138 Å². The third-order valence-corrected chi connectivity index (χ3v) is 4.94. The van der Waals surface area contributed by atoms with E-state index in [-0.39, 0.29) is 0 Å². The van der Waals surface area contributed by atoms with Crippen molar-refractivity contribution in [1.82, 2.24) is 9.78 Å². The Morgan fingerprint density at radius 3 is 2.40 bits per heavy atom. The molecule has 1 atom stereocenters. The molecule has 0 fully saturated rings. The molecule has 1 aromatic heterocycles. The second kappa shape index (κ2) is 6.97. The van der Waals surface area contributed by atoms with Crippen LogP contribution in [0.25, 0.3) is 0 Å². The summed E-state index contributed by atoms with van der Waals surface area (Å²) < 4.78 is 1.90. The van der Waals surface area contributed by atoms with Gasteiger partial charge < -0.3 is 0 Å². The molecule has 2 aromatic rings. The first-order valence-corrected chi connectivity index (χ1v) is 8.46. The van der Waals surface area contributed by atoms with Crippen molar-refractivity contribution in [3.63, 3.8) is 0 Å². The van der Waals surface area contributed by atoms with E-state index >= 15 is 0 Å². The number of nitrogens with zero attached hydrogens (tertiary/aromatic N) is 2. The summed E-state index contributed by atoms with van der Waals surface area (Å²) in [7, 11) is 1.95. The Bertz CT molecular complexity index is 578. The van der Waals surface area contributed by atoms with Crippen LogP contribution in [0.1, 0.15) is 29.8 Å². The van der Waals surface area contributed by atoms with Crippen LogP contribution >= 0.6 is 39.1 Å². The quantitative estimate of drug-likeness (QED) is 0.671. The van der Waals surface area contributed by atoms with Gasteiger partial charge in [-0.1, -0.05) is 58.2 Å². The lowest BCUT2D eigenvalue weighted by Gasteiger charge is -2.15. The van der Waals surface area contributed by atoms with Gasteiger partial charge in [0.1, 0.15) is 0 Å². The van der Waals surface area contributed by atoms with Gasteiger partial charge in [-0.3, -0.25) is 4.68 Å². The molecule has 0 saturated carbocycles. The minimum atomic E-state index is 0.352. The molecule has 0 spiro atoms. The summed E-state index contributed by atoms with van der Waals surface area (Å²) in [5.41, 5.74) is 3.30. The van der Waals surface area contributed by atoms with Gasteiger partial charge in [0.25, 0.3) is 0 Å². The van der Waals surface area contributed by atoms with E-state index in [1.165, 1.54) is 5.56 Å². The molecule has 1 unspecified atom stereocenters. The van der Waals surface area contributed by atoms with E-state index in [2.05, 4.69) is 40.1 Å². The topological polar surface area (TPSA) is 17.8 Å². The van der Waals surface area contributed by atoms with E-state index in [0.29, 0.717) is 5.92 Å². The maximum Gasteiger partial charge on any atom is 0.0849 e. The summed E-state index contributed by atoms with van der Waals surface area (Å²) >= 11 is 16.0. The number of hydrogen-bond acceptors (Lipinski definition) is 1. The van der Waals surface area contributed by atoms with Crippen LogP contribution in [0, 0.1) is 0 Å². The SMILES string of the molecule is CCc1nn(C)c(CC(CBr)c2ccc(Cl)cc2)c1Cl. The van der Waals surface area contributed by atoms with Crippen LogP contribution in [0.4, 0.5) is 0 Å². The van der Waals surface area contributed by atoms with E-state index in [9.17, 15) is 0 Å². The minimum absolute atomic E-state index is 0.352. The van der Waals surface area contributed by atoms with Crippen LogP contribution in [0.2, 0.25) is 10.0 Å². The van der Waals surface area contributed by atoms with E-state index in [4.69, 9.17) is 23.2 Å². The van der Waals surface area contributed by atoms with Gasteiger partial charge in [0.2, 0.25) is 0 Å². The molecule has 0 bridgehead atoms. The van der Waals surface area contributed by atoms with Crippen molar-refractivity contribution < 1.29 is 0 Å². The normalized spacial score (nSPS) is 12.7. The molecule has 1 heterocycles. The molecular formula is C15H17BrCl2N2. The number of aryl methyl sites for hydroxylation is 2. The molecule has 0 aliphatic rings. The highest BCUT2D eigenvalue weighted by Gasteiger charge is 2.18. The largest absolute Gasteiger partial charge is 0.271 e. The van der Waals surface area contributed by atoms with Crippen LogP contribution < -0.4 is 0 Å². The zero-order valence-electron chi connectivity index (χ0n) is 11.5. The third kappa shape index (κ3) is 3.38. The van der Waals surface area contributed by atoms with Gasteiger partial charge in [-0.2, -0.15) is 5.10 Å². The van der Waals surface area contributed by atoms with Crippen molar-refractivity contribution in [3.05, 3.63) is 51.3 Å². The average Bonchev–Trinajstić information content (AvgIpc) is 2.72. The van der Waals surface area contributed by atoms with Crippen LogP contribution in [0.3, 0.4) is 0 Å². The monoisotopic (exact) mass is 374 g/mol. The van der Waals surface area contributed by atoms with Gasteiger partial charge in [0.05, 0.1) is 16.4 Å². The molecule has 2 nitrogen and oxygen atoms in total. The molecular weight excluding hydrogens is 359 g/mol. The Balaban J connectivity index is 2.26. The number of rotatable bonds is 5. The molecule has 5 heteroatoms. The highest BCUT2D eigenvalue weighted by atomic mass is 79.9. The van der Waals surface area contributed by atoms with Crippen molar-refractivity contribution in [1.29, 1.82) is 0 Å².